The summed E-state index contributed by atoms with van der Waals surface area (Å²) in [6.45, 7) is 2.40. The molecule has 0 rings (SSSR count). The lowest BCUT2D eigenvalue weighted by molar-refractivity contribution is -0.161. The number of hydrogen-bond acceptors (Lipinski definition) is 14. The Hall–Kier alpha value is -5.35. The number of carbonyl (C=O) groups is 3. The third-order valence-corrected chi connectivity index (χ3v) is 19.5. The number of hydrogen-bond donors (Lipinski definition) is 4. The second kappa shape index (κ2) is 84.1. The van der Waals surface area contributed by atoms with Crippen molar-refractivity contribution in [3.05, 3.63) is 182 Å². The van der Waals surface area contributed by atoms with E-state index >= 15 is 0 Å². The largest absolute Gasteiger partial charge is 0.472 e. The number of rotatable bonds is 80. The highest BCUT2D eigenvalue weighted by Gasteiger charge is 2.29. The summed E-state index contributed by atoms with van der Waals surface area (Å²) in [7, 11) is -9.82. The molecule has 111 heavy (non-hydrogen) atoms. The molecule has 5 unspecified atom stereocenters. The number of unbranched alkanes of at least 4 members (excludes halogenated alkanes) is 27. The lowest BCUT2D eigenvalue weighted by Crippen LogP contribution is -2.30. The molecule has 4 N–H and O–H groups in total. The lowest BCUT2D eigenvalue weighted by atomic mass is 10.0. The minimum absolute atomic E-state index is 0.0735. The van der Waals surface area contributed by atoms with Gasteiger partial charge < -0.3 is 34.2 Å². The Morgan fingerprint density at radius 1 is 0.261 bits per heavy atom. The molecule has 0 saturated carbocycles. The molecule has 18 heteroatoms. The van der Waals surface area contributed by atoms with E-state index in [9.17, 15) is 43.5 Å². The minimum Gasteiger partial charge on any atom is -0.463 e. The van der Waals surface area contributed by atoms with Gasteiger partial charge in [0, 0.05) is 19.3 Å². The third kappa shape index (κ3) is 85.4. The van der Waals surface area contributed by atoms with Crippen molar-refractivity contribution in [1.82, 2.24) is 0 Å². The summed E-state index contributed by atoms with van der Waals surface area (Å²) in [4.78, 5) is 58.9. The normalized spacial score (nSPS) is 14.8. The van der Waals surface area contributed by atoms with Crippen molar-refractivity contribution in [1.29, 1.82) is 0 Å². The predicted octanol–water partition coefficient (Wildman–Crippen LogP) is 26.1. The first-order valence-electron chi connectivity index (χ1n) is 43.1. The average molecular weight is 1590 g/mol. The molecule has 632 valence electrons. The van der Waals surface area contributed by atoms with Crippen LogP contribution in [0.15, 0.2) is 182 Å². The first-order valence-corrected chi connectivity index (χ1v) is 46.1. The maximum absolute atomic E-state index is 13.0. The van der Waals surface area contributed by atoms with Crippen LogP contribution < -0.4 is 0 Å². The molecule has 0 bridgehead atoms. The molecule has 0 heterocycles. The van der Waals surface area contributed by atoms with Gasteiger partial charge in [-0.1, -0.05) is 331 Å². The van der Waals surface area contributed by atoms with Gasteiger partial charge in [0.15, 0.2) is 6.10 Å². The van der Waals surface area contributed by atoms with E-state index in [1.165, 1.54) is 77.0 Å². The van der Waals surface area contributed by atoms with Gasteiger partial charge in [-0.25, -0.2) is 9.13 Å². The number of phosphoric acid groups is 2. The topological polar surface area (TPSA) is 231 Å². The first kappa shape index (κ1) is 106. The van der Waals surface area contributed by atoms with Crippen LogP contribution in [0.4, 0.5) is 0 Å². The van der Waals surface area contributed by atoms with Gasteiger partial charge in [-0.05, 0) is 161 Å². The Balaban J connectivity index is 4.67. The second-order valence-corrected chi connectivity index (χ2v) is 31.1. The number of aliphatic hydroxyl groups is 2. The summed E-state index contributed by atoms with van der Waals surface area (Å²) in [5.41, 5.74) is 0. The summed E-state index contributed by atoms with van der Waals surface area (Å²) in [6.07, 6.45) is 109. The fraction of sp³-hybridized carbons (Fsp3) is 0.645. The van der Waals surface area contributed by atoms with E-state index in [1.54, 1.807) is 0 Å². The van der Waals surface area contributed by atoms with Gasteiger partial charge in [-0.15, -0.1) is 0 Å². The molecule has 0 aliphatic rings. The zero-order chi connectivity index (χ0) is 80.8. The summed E-state index contributed by atoms with van der Waals surface area (Å²) >= 11 is 0. The van der Waals surface area contributed by atoms with Gasteiger partial charge in [0.1, 0.15) is 25.4 Å². The van der Waals surface area contributed by atoms with Gasteiger partial charge in [0.2, 0.25) is 0 Å². The fourth-order valence-corrected chi connectivity index (χ4v) is 12.7. The number of ether oxygens (including phenoxy) is 3. The van der Waals surface area contributed by atoms with Crippen molar-refractivity contribution in [2.45, 2.75) is 347 Å². The molecule has 0 aromatic rings. The van der Waals surface area contributed by atoms with Crippen LogP contribution in [0.1, 0.15) is 329 Å². The van der Waals surface area contributed by atoms with E-state index in [0.29, 0.717) is 19.3 Å². The van der Waals surface area contributed by atoms with Crippen LogP contribution in [-0.4, -0.2) is 95.9 Å². The van der Waals surface area contributed by atoms with E-state index in [4.69, 9.17) is 32.3 Å². The molecule has 0 aromatic heterocycles. The van der Waals surface area contributed by atoms with Crippen molar-refractivity contribution < 1.29 is 75.8 Å². The fourth-order valence-electron chi connectivity index (χ4n) is 11.1. The van der Waals surface area contributed by atoms with Crippen LogP contribution >= 0.6 is 15.6 Å². The molecule has 5 atom stereocenters. The molecule has 0 aliphatic heterocycles. The van der Waals surface area contributed by atoms with Gasteiger partial charge in [-0.3, -0.25) is 32.5 Å². The van der Waals surface area contributed by atoms with E-state index in [1.807, 2.05) is 0 Å². The van der Waals surface area contributed by atoms with Crippen LogP contribution in [0.2, 0.25) is 0 Å². The summed E-state index contributed by atoms with van der Waals surface area (Å²) in [5.74, 6) is -1.62. The molecule has 0 amide bonds. The summed E-state index contributed by atoms with van der Waals surface area (Å²) in [6, 6.07) is 0. The van der Waals surface area contributed by atoms with Gasteiger partial charge in [0.25, 0.3) is 0 Å². The highest BCUT2D eigenvalue weighted by molar-refractivity contribution is 7.47. The molecule has 0 spiro atoms. The van der Waals surface area contributed by atoms with Gasteiger partial charge in [-0.2, -0.15) is 0 Å². The minimum atomic E-state index is -4.95. The highest BCUT2D eigenvalue weighted by Crippen LogP contribution is 2.45. The zero-order valence-electron chi connectivity index (χ0n) is 69.3. The van der Waals surface area contributed by atoms with Crippen LogP contribution in [0.3, 0.4) is 0 Å². The molecular weight excluding hydrogens is 1430 g/mol. The molecular formula is C93H154O16P2. The van der Waals surface area contributed by atoms with Crippen LogP contribution in [-0.2, 0) is 55.8 Å². The standard InChI is InChI=1S/C93H154O16P2/c1-4-7-10-13-16-19-22-25-28-31-34-37-39-41-42-43-44-46-48-50-52-55-58-61-64-67-70-73-76-79-91(96)103-82-88(94)83-105-110(99,100)106-84-89(95)85-107-111(101,102)108-87-90(109-93(98)81-78-75-72-69-66-63-60-57-54-49-36-33-30-27-24-21-18-15-12-9-6-3)86-104-92(97)80-77-74-71-68-65-62-59-56-53-51-47-45-40-38-35-32-29-26-23-20-17-14-11-8-5-2/h7-8,10-11,16-21,25-30,34-38,41-42,45,47,49,53,56-57,60,88-90,94-95H,4-6,9,12-15,22-24,31-33,39-40,43-44,46,48,50-52,54-55,58-59,61-87H2,1-3H3,(H,99,100)(H,101,102)/b10-7-,11-8-,19-16-,20-17-,21-18-,28-25-,29-26-,30-27-,37-34-,38-35-,42-41-,47-45-,49-36-,56-53-,60-57-. The first-order chi connectivity index (χ1) is 54.2. The Labute approximate surface area is 675 Å². The summed E-state index contributed by atoms with van der Waals surface area (Å²) in [5, 5.41) is 20.7. The van der Waals surface area contributed by atoms with Crippen molar-refractivity contribution in [2.75, 3.05) is 39.6 Å². The summed E-state index contributed by atoms with van der Waals surface area (Å²) < 4.78 is 61.3. The Bertz CT molecular complexity index is 2750. The smallest absolute Gasteiger partial charge is 0.463 e. The number of allylic oxidation sites excluding steroid dienone is 30. The third-order valence-electron chi connectivity index (χ3n) is 17.6. The Kier molecular flexibility index (Phi) is 80.0. The maximum Gasteiger partial charge on any atom is 0.472 e. The zero-order valence-corrected chi connectivity index (χ0v) is 71.1. The van der Waals surface area contributed by atoms with Gasteiger partial charge >= 0.3 is 33.6 Å². The Morgan fingerprint density at radius 3 is 0.757 bits per heavy atom. The van der Waals surface area contributed by atoms with Crippen molar-refractivity contribution >= 4 is 33.6 Å². The number of esters is 3. The highest BCUT2D eigenvalue weighted by atomic mass is 31.2. The van der Waals surface area contributed by atoms with Crippen molar-refractivity contribution in [2.24, 2.45) is 0 Å². The van der Waals surface area contributed by atoms with Gasteiger partial charge in [0.05, 0.1) is 26.4 Å². The quantitative estimate of drug-likeness (QED) is 0.0146. The van der Waals surface area contributed by atoms with Crippen LogP contribution in [0.25, 0.3) is 0 Å². The SMILES string of the molecule is CC/C=C\C/C=C\C/C=C\C/C=C\C/C=C\C/C=C\CCCCCCCCC(=O)OCC(COP(=O)(O)OCC(O)COP(=O)(O)OCC(O)COC(=O)CCCCCCCCCCCCCCC/C=C\C/C=C\C/C=C\C/C=C\C/C=C\CC)OC(=O)CCCCCCC/C=C\C/C=C\C/C=C\C/C=C\CCCCC. The van der Waals surface area contributed by atoms with Crippen LogP contribution in [0, 0.1) is 0 Å². The molecule has 0 aromatic carbocycles. The lowest BCUT2D eigenvalue weighted by Gasteiger charge is -2.21. The molecule has 16 nitrogen and oxygen atoms in total. The maximum atomic E-state index is 13.0. The van der Waals surface area contributed by atoms with E-state index in [0.717, 1.165) is 193 Å². The van der Waals surface area contributed by atoms with E-state index in [2.05, 4.69) is 203 Å². The van der Waals surface area contributed by atoms with Crippen molar-refractivity contribution in [3.8, 4) is 0 Å². The predicted molar refractivity (Wildman–Crippen MR) is 463 cm³/mol. The average Bonchev–Trinajstić information content (AvgIpc) is 0.903. The number of aliphatic hydroxyl groups excluding tert-OH is 2. The molecule has 0 fully saturated rings. The molecule has 0 aliphatic carbocycles. The molecule has 0 radical (unpaired) electrons. The number of carbonyl (C=O) groups excluding carboxylic acids is 3. The monoisotopic (exact) mass is 1590 g/mol. The number of phosphoric ester groups is 2. The van der Waals surface area contributed by atoms with Crippen LogP contribution in [0.5, 0.6) is 0 Å². The Morgan fingerprint density at radius 2 is 0.477 bits per heavy atom. The second-order valence-electron chi connectivity index (χ2n) is 28.2. The molecule has 0 saturated heterocycles. The van der Waals surface area contributed by atoms with E-state index < -0.39 is 91.5 Å². The van der Waals surface area contributed by atoms with Crippen molar-refractivity contribution in [3.63, 3.8) is 0 Å². The van der Waals surface area contributed by atoms with E-state index in [-0.39, 0.29) is 19.3 Å².